The van der Waals surface area contributed by atoms with Gasteiger partial charge < -0.3 is 11.5 Å². The van der Waals surface area contributed by atoms with Crippen LogP contribution >= 0.6 is 0 Å². The van der Waals surface area contributed by atoms with Gasteiger partial charge >= 0.3 is 0 Å². The molecule has 100 valence electrons. The summed E-state index contributed by atoms with van der Waals surface area (Å²) >= 11 is 0. The summed E-state index contributed by atoms with van der Waals surface area (Å²) in [5.74, 6) is -0.840. The Hall–Kier alpha value is -1.85. The third-order valence-corrected chi connectivity index (χ3v) is 2.98. The molecule has 0 amide bonds. The van der Waals surface area contributed by atoms with Crippen LogP contribution in [0.1, 0.15) is 17.2 Å². The van der Waals surface area contributed by atoms with Gasteiger partial charge in [-0.05, 0) is 35.7 Å². The number of rotatable bonds is 4. The smallest absolute Gasteiger partial charge is 0.212 e. The van der Waals surface area contributed by atoms with E-state index in [2.05, 4.69) is 4.98 Å². The Morgan fingerprint density at radius 1 is 1.00 bits per heavy atom. The molecule has 0 fully saturated rings. The number of nitrogens with two attached hydrogens (primary N) is 2. The summed E-state index contributed by atoms with van der Waals surface area (Å²) in [5.41, 5.74) is 13.6. The molecule has 0 aliphatic heterocycles. The molecule has 0 bridgehead atoms. The van der Waals surface area contributed by atoms with Crippen LogP contribution in [0.15, 0.2) is 42.6 Å². The highest BCUT2D eigenvalue weighted by atomic mass is 19.1. The molecule has 4 N–H and O–H groups in total. The molecule has 2 aromatic rings. The zero-order valence-electron chi connectivity index (χ0n) is 10.3. The molecule has 5 heteroatoms. The zero-order valence-corrected chi connectivity index (χ0v) is 10.3. The molecule has 0 unspecified atom stereocenters. The van der Waals surface area contributed by atoms with E-state index < -0.39 is 12.0 Å². The van der Waals surface area contributed by atoms with Gasteiger partial charge in [0.25, 0.3) is 0 Å². The molecular formula is C14H15F2N3. The van der Waals surface area contributed by atoms with Gasteiger partial charge in [-0.1, -0.05) is 18.2 Å². The Morgan fingerprint density at radius 2 is 1.68 bits per heavy atom. The topological polar surface area (TPSA) is 64.9 Å². The van der Waals surface area contributed by atoms with Crippen LogP contribution in [0.2, 0.25) is 0 Å². The number of hydrogen-bond acceptors (Lipinski definition) is 3. The van der Waals surface area contributed by atoms with Gasteiger partial charge in [0.1, 0.15) is 5.82 Å². The Morgan fingerprint density at radius 3 is 2.26 bits per heavy atom. The van der Waals surface area contributed by atoms with Gasteiger partial charge in [-0.3, -0.25) is 0 Å². The van der Waals surface area contributed by atoms with Gasteiger partial charge in [0, 0.05) is 18.3 Å². The van der Waals surface area contributed by atoms with Crippen LogP contribution in [-0.2, 0) is 6.42 Å². The number of hydrogen-bond donors (Lipinski definition) is 2. The van der Waals surface area contributed by atoms with Gasteiger partial charge in [0.15, 0.2) is 0 Å². The van der Waals surface area contributed by atoms with Crippen LogP contribution in [0.5, 0.6) is 0 Å². The first kappa shape index (κ1) is 13.6. The van der Waals surface area contributed by atoms with Crippen molar-refractivity contribution in [2.45, 2.75) is 18.5 Å². The number of pyridine rings is 1. The van der Waals surface area contributed by atoms with Crippen LogP contribution < -0.4 is 11.5 Å². The minimum absolute atomic E-state index is 0.313. The maximum absolute atomic E-state index is 12.8. The maximum atomic E-state index is 12.8. The van der Waals surface area contributed by atoms with Crippen molar-refractivity contribution in [2.75, 3.05) is 0 Å². The van der Waals surface area contributed by atoms with E-state index in [0.717, 1.165) is 11.1 Å². The summed E-state index contributed by atoms with van der Waals surface area (Å²) in [4.78, 5) is 3.56. The fourth-order valence-corrected chi connectivity index (χ4v) is 1.86. The monoisotopic (exact) mass is 263 g/mol. The van der Waals surface area contributed by atoms with E-state index in [9.17, 15) is 8.78 Å². The van der Waals surface area contributed by atoms with E-state index in [4.69, 9.17) is 11.5 Å². The van der Waals surface area contributed by atoms with Crippen LogP contribution in [0, 0.1) is 11.8 Å². The fraction of sp³-hybridized carbons (Fsp3) is 0.214. The molecule has 3 nitrogen and oxygen atoms in total. The standard InChI is InChI=1S/C14H15F2N3/c15-11-4-2-10(3-5-11)14(18)12(17)7-9-1-6-13(16)19-8-9/h1-6,8,12,14H,7,17-18H2/t12-,14+/m0/s1. The number of aromatic nitrogens is 1. The number of nitrogens with zero attached hydrogens (tertiary/aromatic N) is 1. The molecule has 0 spiro atoms. The van der Waals surface area contributed by atoms with Crippen molar-refractivity contribution >= 4 is 0 Å². The summed E-state index contributed by atoms with van der Waals surface area (Å²) in [5, 5.41) is 0. The number of halogens is 2. The van der Waals surface area contributed by atoms with Crippen molar-refractivity contribution in [3.8, 4) is 0 Å². The first-order chi connectivity index (χ1) is 9.06. The predicted molar refractivity (Wildman–Crippen MR) is 69.2 cm³/mol. The Labute approximate surface area is 110 Å². The summed E-state index contributed by atoms with van der Waals surface area (Å²) < 4.78 is 25.5. The lowest BCUT2D eigenvalue weighted by Crippen LogP contribution is -2.36. The Bertz CT molecular complexity index is 525. The summed E-state index contributed by atoms with van der Waals surface area (Å²) in [6.07, 6.45) is 1.92. The minimum Gasteiger partial charge on any atom is -0.326 e. The van der Waals surface area contributed by atoms with Crippen LogP contribution in [0.3, 0.4) is 0 Å². The molecule has 1 aromatic heterocycles. The molecule has 0 aliphatic rings. The highest BCUT2D eigenvalue weighted by Crippen LogP contribution is 2.16. The van der Waals surface area contributed by atoms with Crippen molar-refractivity contribution in [3.05, 3.63) is 65.5 Å². The molecule has 0 saturated heterocycles. The quantitative estimate of drug-likeness (QED) is 0.828. The highest BCUT2D eigenvalue weighted by molar-refractivity contribution is 5.22. The second-order valence-electron chi connectivity index (χ2n) is 4.43. The van der Waals surface area contributed by atoms with Crippen LogP contribution in [-0.4, -0.2) is 11.0 Å². The molecule has 1 aromatic carbocycles. The summed E-state index contributed by atoms with van der Waals surface area (Å²) in [6, 6.07) is 8.07. The van der Waals surface area contributed by atoms with Crippen molar-refractivity contribution in [2.24, 2.45) is 11.5 Å². The first-order valence-corrected chi connectivity index (χ1v) is 5.93. The third kappa shape index (κ3) is 3.56. The number of benzene rings is 1. The highest BCUT2D eigenvalue weighted by Gasteiger charge is 2.16. The van der Waals surface area contributed by atoms with Crippen LogP contribution in [0.4, 0.5) is 8.78 Å². The SMILES string of the molecule is N[C@H](c1ccc(F)cc1)[C@@H](N)Cc1ccc(F)nc1. The largest absolute Gasteiger partial charge is 0.326 e. The van der Waals surface area contributed by atoms with E-state index in [0.29, 0.717) is 6.42 Å². The lowest BCUT2D eigenvalue weighted by molar-refractivity contribution is 0.538. The third-order valence-electron chi connectivity index (χ3n) is 2.98. The molecule has 19 heavy (non-hydrogen) atoms. The van der Waals surface area contributed by atoms with Gasteiger partial charge in [0.05, 0.1) is 0 Å². The molecule has 0 radical (unpaired) electrons. The molecular weight excluding hydrogens is 248 g/mol. The van der Waals surface area contributed by atoms with Crippen molar-refractivity contribution in [1.82, 2.24) is 4.98 Å². The lowest BCUT2D eigenvalue weighted by atomic mass is 9.96. The average molecular weight is 263 g/mol. The zero-order chi connectivity index (χ0) is 13.8. The molecule has 0 saturated carbocycles. The normalized spacial score (nSPS) is 14.1. The first-order valence-electron chi connectivity index (χ1n) is 5.93. The molecule has 2 rings (SSSR count). The van der Waals surface area contributed by atoms with E-state index in [1.54, 1.807) is 18.2 Å². The van der Waals surface area contributed by atoms with Crippen molar-refractivity contribution < 1.29 is 8.78 Å². The van der Waals surface area contributed by atoms with E-state index in [-0.39, 0.29) is 11.9 Å². The van der Waals surface area contributed by atoms with Gasteiger partial charge in [-0.2, -0.15) is 4.39 Å². The van der Waals surface area contributed by atoms with Crippen molar-refractivity contribution in [3.63, 3.8) is 0 Å². The van der Waals surface area contributed by atoms with Crippen LogP contribution in [0.25, 0.3) is 0 Å². The predicted octanol–water partition coefficient (Wildman–Crippen LogP) is 1.93. The minimum atomic E-state index is -0.528. The second kappa shape index (κ2) is 5.86. The van der Waals surface area contributed by atoms with E-state index >= 15 is 0 Å². The second-order valence-corrected chi connectivity index (χ2v) is 4.43. The van der Waals surface area contributed by atoms with Crippen molar-refractivity contribution in [1.29, 1.82) is 0 Å². The Kier molecular flexibility index (Phi) is 4.19. The van der Waals surface area contributed by atoms with E-state index in [1.165, 1.54) is 24.4 Å². The van der Waals surface area contributed by atoms with Gasteiger partial charge in [-0.15, -0.1) is 0 Å². The Balaban J connectivity index is 2.04. The maximum Gasteiger partial charge on any atom is 0.212 e. The average Bonchev–Trinajstić information content (AvgIpc) is 2.41. The molecule has 1 heterocycles. The fourth-order valence-electron chi connectivity index (χ4n) is 1.86. The van der Waals surface area contributed by atoms with Gasteiger partial charge in [0.2, 0.25) is 5.95 Å². The summed E-state index contributed by atoms with van der Waals surface area (Å²) in [7, 11) is 0. The van der Waals surface area contributed by atoms with Gasteiger partial charge in [-0.25, -0.2) is 9.37 Å². The summed E-state index contributed by atoms with van der Waals surface area (Å²) in [6.45, 7) is 0. The van der Waals surface area contributed by atoms with E-state index in [1.807, 2.05) is 0 Å². The lowest BCUT2D eigenvalue weighted by Gasteiger charge is -2.20. The molecule has 0 aliphatic carbocycles. The molecule has 2 atom stereocenters.